The number of hydrogen-bond donors (Lipinski definition) is 2. The molecule has 0 aliphatic rings. The fourth-order valence-electron chi connectivity index (χ4n) is 1.22. The maximum atomic E-state index is 11.7. The van der Waals surface area contributed by atoms with E-state index in [1.165, 1.54) is 6.92 Å². The normalized spacial score (nSPS) is 11.1. The van der Waals surface area contributed by atoms with Gasteiger partial charge in [0.2, 0.25) is 0 Å². The van der Waals surface area contributed by atoms with E-state index >= 15 is 0 Å². The first-order chi connectivity index (χ1) is 7.91. The molecule has 4 nitrogen and oxygen atoms in total. The lowest BCUT2D eigenvalue weighted by molar-refractivity contribution is -0.131. The fourth-order valence-corrected chi connectivity index (χ4v) is 1.71. The summed E-state index contributed by atoms with van der Waals surface area (Å²) in [7, 11) is 0. The lowest BCUT2D eigenvalue weighted by atomic mass is 10.2. The molecular formula is C12H12INO3. The van der Waals surface area contributed by atoms with Gasteiger partial charge in [-0.15, -0.1) is 0 Å². The van der Waals surface area contributed by atoms with Crippen LogP contribution in [-0.4, -0.2) is 17.0 Å². The topological polar surface area (TPSA) is 66.4 Å². The van der Waals surface area contributed by atoms with E-state index in [-0.39, 0.29) is 5.57 Å². The van der Waals surface area contributed by atoms with Gasteiger partial charge in [-0.25, -0.2) is 4.79 Å². The smallest absolute Gasteiger partial charge is 0.328 e. The molecule has 0 aromatic heterocycles. The molecule has 0 saturated heterocycles. The number of aryl methyl sites for hydroxylation is 1. The molecule has 0 atom stereocenters. The summed E-state index contributed by atoms with van der Waals surface area (Å²) in [6.45, 7) is 3.41. The molecule has 0 saturated carbocycles. The Labute approximate surface area is 113 Å². The monoisotopic (exact) mass is 345 g/mol. The van der Waals surface area contributed by atoms with Crippen LogP contribution < -0.4 is 5.32 Å². The number of carboxylic acid groups (broad SMARTS) is 1. The van der Waals surface area contributed by atoms with Gasteiger partial charge in [-0.3, -0.25) is 4.79 Å². The zero-order valence-corrected chi connectivity index (χ0v) is 11.6. The van der Waals surface area contributed by atoms with E-state index in [4.69, 9.17) is 5.11 Å². The Morgan fingerprint density at radius 3 is 2.65 bits per heavy atom. The maximum Gasteiger partial charge on any atom is 0.328 e. The molecule has 0 heterocycles. The third-order valence-electron chi connectivity index (χ3n) is 2.14. The van der Waals surface area contributed by atoms with Crippen LogP contribution >= 0.6 is 22.6 Å². The molecule has 17 heavy (non-hydrogen) atoms. The van der Waals surface area contributed by atoms with Gasteiger partial charge in [0.05, 0.1) is 5.69 Å². The number of benzene rings is 1. The van der Waals surface area contributed by atoms with Crippen molar-refractivity contribution in [2.45, 2.75) is 13.8 Å². The number of carbonyl (C=O) groups is 2. The number of aliphatic carboxylic acids is 1. The first-order valence-corrected chi connectivity index (χ1v) is 5.97. The molecule has 1 rings (SSSR count). The van der Waals surface area contributed by atoms with Crippen molar-refractivity contribution in [3.05, 3.63) is 39.0 Å². The van der Waals surface area contributed by atoms with Crippen molar-refractivity contribution in [2.75, 3.05) is 5.32 Å². The largest absolute Gasteiger partial charge is 0.478 e. The van der Waals surface area contributed by atoms with Crippen molar-refractivity contribution in [2.24, 2.45) is 0 Å². The first-order valence-electron chi connectivity index (χ1n) is 4.89. The van der Waals surface area contributed by atoms with Crippen molar-refractivity contribution in [1.29, 1.82) is 0 Å². The third kappa shape index (κ3) is 3.85. The molecule has 0 aliphatic carbocycles. The van der Waals surface area contributed by atoms with Gasteiger partial charge in [-0.05, 0) is 48.1 Å². The molecule has 0 fully saturated rings. The molecule has 2 N–H and O–H groups in total. The van der Waals surface area contributed by atoms with Crippen LogP contribution in [0.25, 0.3) is 0 Å². The highest BCUT2D eigenvalue weighted by atomic mass is 127. The molecule has 0 bridgehead atoms. The number of nitrogens with one attached hydrogen (secondary N) is 1. The number of hydrogen-bond acceptors (Lipinski definition) is 2. The minimum absolute atomic E-state index is 0.162. The lowest BCUT2D eigenvalue weighted by Gasteiger charge is -2.09. The van der Waals surface area contributed by atoms with Crippen LogP contribution in [0.4, 0.5) is 5.69 Å². The standard InChI is InChI=1S/C12H12INO3/c1-7-4-3-5-9(11(7)13)14-12(17)8(2)6-10(15)16/h3-6H,1-2H3,(H,14,17)(H,15,16)/b8-6+. The second-order valence-corrected chi connectivity index (χ2v) is 4.63. The summed E-state index contributed by atoms with van der Waals surface area (Å²) in [5, 5.41) is 11.2. The molecule has 90 valence electrons. The minimum atomic E-state index is -1.13. The number of carboxylic acids is 1. The SMILES string of the molecule is C/C(=C\C(=O)O)C(=O)Nc1cccc(C)c1I. The Bertz CT molecular complexity index is 495. The fraction of sp³-hybridized carbons (Fsp3) is 0.167. The van der Waals surface area contributed by atoms with Gasteiger partial charge in [0.1, 0.15) is 0 Å². The average molecular weight is 345 g/mol. The average Bonchev–Trinajstić information content (AvgIpc) is 2.23. The lowest BCUT2D eigenvalue weighted by Crippen LogP contribution is -2.14. The predicted molar refractivity (Wildman–Crippen MR) is 73.9 cm³/mol. The molecule has 0 radical (unpaired) electrons. The number of halogens is 1. The minimum Gasteiger partial charge on any atom is -0.478 e. The van der Waals surface area contributed by atoms with E-state index < -0.39 is 11.9 Å². The van der Waals surface area contributed by atoms with E-state index in [0.29, 0.717) is 5.69 Å². The molecule has 0 unspecified atom stereocenters. The van der Waals surface area contributed by atoms with Crippen LogP contribution in [0.5, 0.6) is 0 Å². The summed E-state index contributed by atoms with van der Waals surface area (Å²) in [5.41, 5.74) is 1.91. The summed E-state index contributed by atoms with van der Waals surface area (Å²) in [4.78, 5) is 22.1. The molecule has 1 aromatic rings. The van der Waals surface area contributed by atoms with Crippen molar-refractivity contribution in [1.82, 2.24) is 0 Å². The van der Waals surface area contributed by atoms with Gasteiger partial charge >= 0.3 is 5.97 Å². The van der Waals surface area contributed by atoms with Gasteiger partial charge < -0.3 is 10.4 Å². The number of carbonyl (C=O) groups excluding carboxylic acids is 1. The van der Waals surface area contributed by atoms with E-state index in [1.807, 2.05) is 19.1 Å². The van der Waals surface area contributed by atoms with Crippen LogP contribution in [0.3, 0.4) is 0 Å². The summed E-state index contributed by atoms with van der Waals surface area (Å²) in [6, 6.07) is 5.56. The van der Waals surface area contributed by atoms with Crippen molar-refractivity contribution >= 4 is 40.2 Å². The van der Waals surface area contributed by atoms with Gasteiger partial charge in [0.25, 0.3) is 5.91 Å². The Balaban J connectivity index is 2.89. The summed E-state index contributed by atoms with van der Waals surface area (Å²) < 4.78 is 0.946. The highest BCUT2D eigenvalue weighted by molar-refractivity contribution is 14.1. The van der Waals surface area contributed by atoms with Gasteiger partial charge in [0.15, 0.2) is 0 Å². The van der Waals surface area contributed by atoms with Gasteiger partial charge in [0, 0.05) is 15.2 Å². The molecular weight excluding hydrogens is 333 g/mol. The number of rotatable bonds is 3. The summed E-state index contributed by atoms with van der Waals surface area (Å²) >= 11 is 2.14. The molecule has 5 heteroatoms. The van der Waals surface area contributed by atoms with Crippen LogP contribution in [0, 0.1) is 10.5 Å². The Hall–Kier alpha value is -1.37. The Morgan fingerprint density at radius 1 is 1.41 bits per heavy atom. The highest BCUT2D eigenvalue weighted by Gasteiger charge is 2.09. The number of amides is 1. The zero-order valence-electron chi connectivity index (χ0n) is 9.45. The van der Waals surface area contributed by atoms with Crippen molar-refractivity contribution in [3.63, 3.8) is 0 Å². The van der Waals surface area contributed by atoms with Crippen LogP contribution in [0.15, 0.2) is 29.8 Å². The molecule has 0 spiro atoms. The van der Waals surface area contributed by atoms with E-state index in [0.717, 1.165) is 15.2 Å². The summed E-state index contributed by atoms with van der Waals surface area (Å²) in [6.07, 6.45) is 0.887. The molecule has 0 aliphatic heterocycles. The highest BCUT2D eigenvalue weighted by Crippen LogP contribution is 2.21. The van der Waals surface area contributed by atoms with Gasteiger partial charge in [-0.2, -0.15) is 0 Å². The quantitative estimate of drug-likeness (QED) is 0.654. The third-order valence-corrected chi connectivity index (χ3v) is 3.57. The summed E-state index contributed by atoms with van der Waals surface area (Å²) in [5.74, 6) is -1.53. The Kier molecular flexibility index (Phi) is 4.68. The van der Waals surface area contributed by atoms with E-state index in [2.05, 4.69) is 27.9 Å². The van der Waals surface area contributed by atoms with Crippen LogP contribution in [0.1, 0.15) is 12.5 Å². The Morgan fingerprint density at radius 2 is 2.06 bits per heavy atom. The van der Waals surface area contributed by atoms with E-state index in [1.54, 1.807) is 6.07 Å². The van der Waals surface area contributed by atoms with Gasteiger partial charge in [-0.1, -0.05) is 12.1 Å². The van der Waals surface area contributed by atoms with Crippen LogP contribution in [-0.2, 0) is 9.59 Å². The molecule has 1 aromatic carbocycles. The van der Waals surface area contributed by atoms with E-state index in [9.17, 15) is 9.59 Å². The maximum absolute atomic E-state index is 11.7. The first kappa shape index (κ1) is 13.7. The van der Waals surface area contributed by atoms with Crippen molar-refractivity contribution < 1.29 is 14.7 Å². The van der Waals surface area contributed by atoms with Crippen molar-refractivity contribution in [3.8, 4) is 0 Å². The molecule has 1 amide bonds. The van der Waals surface area contributed by atoms with Crippen LogP contribution in [0.2, 0.25) is 0 Å². The zero-order chi connectivity index (χ0) is 13.0. The second kappa shape index (κ2) is 5.81. The number of anilines is 1. The second-order valence-electron chi connectivity index (χ2n) is 3.56. The predicted octanol–water partition coefficient (Wildman–Crippen LogP) is 2.57.